The van der Waals surface area contributed by atoms with E-state index in [1.165, 1.54) is 7.11 Å². The SMILES string of the molecule is COc1ccc(NC(=O)[C@@H](C)NC(=O)c2ccc(C(C)(C)C)cc2)cc1Cl. The van der Waals surface area contributed by atoms with Crippen LogP contribution >= 0.6 is 11.6 Å². The Balaban J connectivity index is 1.99. The van der Waals surface area contributed by atoms with Crippen molar-refractivity contribution in [3.05, 3.63) is 58.6 Å². The van der Waals surface area contributed by atoms with E-state index in [1.807, 2.05) is 12.1 Å². The van der Waals surface area contributed by atoms with Gasteiger partial charge in [-0.2, -0.15) is 0 Å². The highest BCUT2D eigenvalue weighted by molar-refractivity contribution is 6.32. The maximum atomic E-state index is 12.4. The first-order chi connectivity index (χ1) is 12.6. The number of methoxy groups -OCH3 is 1. The van der Waals surface area contributed by atoms with Crippen LogP contribution in [-0.4, -0.2) is 25.0 Å². The van der Waals surface area contributed by atoms with Crippen LogP contribution in [-0.2, 0) is 10.2 Å². The normalized spacial score (nSPS) is 12.2. The first-order valence-corrected chi connectivity index (χ1v) is 9.05. The second kappa shape index (κ2) is 8.44. The van der Waals surface area contributed by atoms with Crippen LogP contribution in [0.2, 0.25) is 5.02 Å². The summed E-state index contributed by atoms with van der Waals surface area (Å²) in [6.45, 7) is 7.96. The van der Waals surface area contributed by atoms with E-state index in [0.29, 0.717) is 22.0 Å². The molecule has 2 rings (SSSR count). The molecule has 0 saturated carbocycles. The molecule has 0 aliphatic carbocycles. The molecule has 27 heavy (non-hydrogen) atoms. The molecular formula is C21H25ClN2O3. The maximum absolute atomic E-state index is 12.4. The number of halogens is 1. The molecule has 144 valence electrons. The van der Waals surface area contributed by atoms with Gasteiger partial charge in [-0.25, -0.2) is 0 Å². The fourth-order valence-electron chi connectivity index (χ4n) is 2.46. The third kappa shape index (κ3) is 5.47. The lowest BCUT2D eigenvalue weighted by Crippen LogP contribution is -2.41. The largest absolute Gasteiger partial charge is 0.495 e. The highest BCUT2D eigenvalue weighted by atomic mass is 35.5. The Labute approximate surface area is 165 Å². The molecule has 5 nitrogen and oxygen atoms in total. The Morgan fingerprint density at radius 1 is 1.07 bits per heavy atom. The van der Waals surface area contributed by atoms with Gasteiger partial charge in [0.2, 0.25) is 5.91 Å². The Kier molecular flexibility index (Phi) is 6.50. The first-order valence-electron chi connectivity index (χ1n) is 8.67. The van der Waals surface area contributed by atoms with Crippen molar-refractivity contribution in [2.24, 2.45) is 0 Å². The molecule has 1 atom stereocenters. The van der Waals surface area contributed by atoms with E-state index in [1.54, 1.807) is 37.3 Å². The average Bonchev–Trinajstić information content (AvgIpc) is 2.61. The van der Waals surface area contributed by atoms with Crippen LogP contribution in [0.4, 0.5) is 5.69 Å². The number of ether oxygens (including phenoxy) is 1. The van der Waals surface area contributed by atoms with Gasteiger partial charge >= 0.3 is 0 Å². The molecule has 0 heterocycles. The van der Waals surface area contributed by atoms with Gasteiger partial charge in [-0.15, -0.1) is 0 Å². The molecule has 0 fully saturated rings. The number of rotatable bonds is 5. The van der Waals surface area contributed by atoms with Crippen molar-refractivity contribution < 1.29 is 14.3 Å². The smallest absolute Gasteiger partial charge is 0.251 e. The molecule has 0 aliphatic heterocycles. The lowest BCUT2D eigenvalue weighted by Gasteiger charge is -2.19. The lowest BCUT2D eigenvalue weighted by molar-refractivity contribution is -0.117. The van der Waals surface area contributed by atoms with Crippen LogP contribution in [0.15, 0.2) is 42.5 Å². The topological polar surface area (TPSA) is 67.4 Å². The summed E-state index contributed by atoms with van der Waals surface area (Å²) in [6.07, 6.45) is 0. The van der Waals surface area contributed by atoms with Crippen LogP contribution in [0.5, 0.6) is 5.75 Å². The summed E-state index contributed by atoms with van der Waals surface area (Å²) in [6, 6.07) is 11.6. The molecule has 2 amide bonds. The van der Waals surface area contributed by atoms with E-state index < -0.39 is 6.04 Å². The molecule has 0 radical (unpaired) electrons. The van der Waals surface area contributed by atoms with Gasteiger partial charge in [-0.1, -0.05) is 44.5 Å². The number of benzene rings is 2. The predicted octanol–water partition coefficient (Wildman–Crippen LogP) is 4.40. The van der Waals surface area contributed by atoms with Gasteiger partial charge in [0, 0.05) is 11.3 Å². The number of amides is 2. The van der Waals surface area contributed by atoms with Crippen LogP contribution < -0.4 is 15.4 Å². The fourth-order valence-corrected chi connectivity index (χ4v) is 2.72. The molecule has 2 aromatic rings. The fraction of sp³-hybridized carbons (Fsp3) is 0.333. The molecule has 0 bridgehead atoms. The van der Waals surface area contributed by atoms with Gasteiger partial charge < -0.3 is 15.4 Å². The van der Waals surface area contributed by atoms with Crippen molar-refractivity contribution >= 4 is 29.1 Å². The van der Waals surface area contributed by atoms with Gasteiger partial charge in [0.25, 0.3) is 5.91 Å². The van der Waals surface area contributed by atoms with Gasteiger partial charge in [0.05, 0.1) is 12.1 Å². The number of nitrogens with one attached hydrogen (secondary N) is 2. The zero-order chi connectivity index (χ0) is 20.2. The molecule has 6 heteroatoms. The molecule has 0 saturated heterocycles. The second-order valence-electron chi connectivity index (χ2n) is 7.36. The molecule has 0 unspecified atom stereocenters. The zero-order valence-electron chi connectivity index (χ0n) is 16.2. The number of hydrogen-bond acceptors (Lipinski definition) is 3. The third-order valence-electron chi connectivity index (χ3n) is 4.17. The minimum absolute atomic E-state index is 0.0157. The molecule has 2 aromatic carbocycles. The molecule has 0 spiro atoms. The van der Waals surface area contributed by atoms with Gasteiger partial charge in [-0.3, -0.25) is 9.59 Å². The quantitative estimate of drug-likeness (QED) is 0.797. The Morgan fingerprint density at radius 2 is 1.70 bits per heavy atom. The van der Waals surface area contributed by atoms with E-state index in [4.69, 9.17) is 16.3 Å². The maximum Gasteiger partial charge on any atom is 0.251 e. The molecule has 2 N–H and O–H groups in total. The summed E-state index contributed by atoms with van der Waals surface area (Å²) in [5.41, 5.74) is 2.19. The lowest BCUT2D eigenvalue weighted by atomic mass is 9.86. The summed E-state index contributed by atoms with van der Waals surface area (Å²) < 4.78 is 5.08. The van der Waals surface area contributed by atoms with Crippen LogP contribution in [0.1, 0.15) is 43.6 Å². The summed E-state index contributed by atoms with van der Waals surface area (Å²) in [4.78, 5) is 24.7. The van der Waals surface area contributed by atoms with Crippen LogP contribution in [0.3, 0.4) is 0 Å². The number of carbonyl (C=O) groups is 2. The van der Waals surface area contributed by atoms with E-state index in [2.05, 4.69) is 31.4 Å². The van der Waals surface area contributed by atoms with E-state index in [0.717, 1.165) is 5.56 Å². The highest BCUT2D eigenvalue weighted by Crippen LogP contribution is 2.27. The van der Waals surface area contributed by atoms with E-state index in [-0.39, 0.29) is 17.2 Å². The summed E-state index contributed by atoms with van der Waals surface area (Å²) in [7, 11) is 1.52. The van der Waals surface area contributed by atoms with Crippen molar-refractivity contribution in [2.75, 3.05) is 12.4 Å². The van der Waals surface area contributed by atoms with E-state index >= 15 is 0 Å². The van der Waals surface area contributed by atoms with Crippen LogP contribution in [0, 0.1) is 0 Å². The van der Waals surface area contributed by atoms with Crippen LogP contribution in [0.25, 0.3) is 0 Å². The molecular weight excluding hydrogens is 364 g/mol. The Bertz CT molecular complexity index is 826. The van der Waals surface area contributed by atoms with Gasteiger partial charge in [-0.05, 0) is 48.2 Å². The number of carbonyl (C=O) groups excluding carboxylic acids is 2. The summed E-state index contributed by atoms with van der Waals surface area (Å²) >= 11 is 6.06. The van der Waals surface area contributed by atoms with Gasteiger partial charge in [0.15, 0.2) is 0 Å². The van der Waals surface area contributed by atoms with Crippen molar-refractivity contribution in [1.29, 1.82) is 0 Å². The van der Waals surface area contributed by atoms with Crippen molar-refractivity contribution in [3.63, 3.8) is 0 Å². The molecule has 0 aliphatic rings. The summed E-state index contributed by atoms with van der Waals surface area (Å²) in [5.74, 6) is -0.114. The Hall–Kier alpha value is -2.53. The van der Waals surface area contributed by atoms with Crippen molar-refractivity contribution in [2.45, 2.75) is 39.2 Å². The number of hydrogen-bond donors (Lipinski definition) is 2. The van der Waals surface area contributed by atoms with E-state index in [9.17, 15) is 9.59 Å². The highest BCUT2D eigenvalue weighted by Gasteiger charge is 2.18. The minimum atomic E-state index is -0.708. The Morgan fingerprint density at radius 3 is 2.22 bits per heavy atom. The zero-order valence-corrected chi connectivity index (χ0v) is 17.0. The second-order valence-corrected chi connectivity index (χ2v) is 7.77. The van der Waals surface area contributed by atoms with Crippen molar-refractivity contribution in [3.8, 4) is 5.75 Å². The first kappa shape index (κ1) is 20.8. The number of anilines is 1. The summed E-state index contributed by atoms with van der Waals surface area (Å²) in [5, 5.41) is 5.82. The predicted molar refractivity (Wildman–Crippen MR) is 109 cm³/mol. The molecule has 0 aromatic heterocycles. The minimum Gasteiger partial charge on any atom is -0.495 e. The standard InChI is InChI=1S/C21H25ClN2O3/c1-13(19(25)24-16-10-11-18(27-5)17(22)12-16)23-20(26)14-6-8-15(9-7-14)21(2,3)4/h6-13H,1-5H3,(H,23,26)(H,24,25)/t13-/m1/s1. The third-order valence-corrected chi connectivity index (χ3v) is 4.47. The average molecular weight is 389 g/mol. The van der Waals surface area contributed by atoms with Crippen molar-refractivity contribution in [1.82, 2.24) is 5.32 Å². The monoisotopic (exact) mass is 388 g/mol. The van der Waals surface area contributed by atoms with Gasteiger partial charge in [0.1, 0.15) is 11.8 Å².